The maximum Gasteiger partial charge on any atom is 0.279 e. The van der Waals surface area contributed by atoms with E-state index in [1.54, 1.807) is 12.1 Å². The van der Waals surface area contributed by atoms with Crippen molar-refractivity contribution in [3.05, 3.63) is 77.0 Å². The molecule has 3 aromatic carbocycles. The summed E-state index contributed by atoms with van der Waals surface area (Å²) in [6.45, 7) is 2.51. The van der Waals surface area contributed by atoms with Gasteiger partial charge in [0.25, 0.3) is 5.91 Å². The minimum Gasteiger partial charge on any atom is -0.621 e. The van der Waals surface area contributed by atoms with Crippen LogP contribution in [0.15, 0.2) is 60.7 Å². The quantitative estimate of drug-likeness (QED) is 0.210. The molecule has 7 heteroatoms. The van der Waals surface area contributed by atoms with Crippen LogP contribution in [0.1, 0.15) is 24.0 Å². The topological polar surface area (TPSA) is 114 Å². The monoisotopic (exact) mass is 443 g/mol. The van der Waals surface area contributed by atoms with E-state index in [9.17, 15) is 10.0 Å². The van der Waals surface area contributed by atoms with Crippen molar-refractivity contribution in [1.29, 1.82) is 5.41 Å². The van der Waals surface area contributed by atoms with Gasteiger partial charge in [-0.3, -0.25) is 14.9 Å². The molecule has 2 aliphatic rings. The summed E-state index contributed by atoms with van der Waals surface area (Å²) in [4.78, 5) is 13.4. The standard InChI is InChI=1S/C26H29N5O2/c27-25(28)21-6-5-20-14-24(26(32)30-16-17-9-11-29-12-10-17)31(33,23(20)15-21)22-8-7-18-3-1-2-4-19(18)13-22/h1-8,13,15,17,24,29H,9-12,14,16H2,(H3,27,28)(H,30,32). The zero-order chi connectivity index (χ0) is 23.0. The maximum absolute atomic E-state index is 14.7. The Bertz CT molecular complexity index is 1220. The minimum atomic E-state index is -0.876. The average Bonchev–Trinajstić information content (AvgIpc) is 3.16. The smallest absolute Gasteiger partial charge is 0.279 e. The van der Waals surface area contributed by atoms with Gasteiger partial charge in [0, 0.05) is 42.3 Å². The van der Waals surface area contributed by atoms with Crippen LogP contribution in [0.4, 0.5) is 11.4 Å². The van der Waals surface area contributed by atoms with Crippen molar-refractivity contribution in [2.45, 2.75) is 25.3 Å². The highest BCUT2D eigenvalue weighted by Crippen LogP contribution is 2.46. The number of rotatable bonds is 5. The Morgan fingerprint density at radius 2 is 1.85 bits per heavy atom. The van der Waals surface area contributed by atoms with Crippen LogP contribution < -0.4 is 21.0 Å². The lowest BCUT2D eigenvalue weighted by Gasteiger charge is -2.43. The molecule has 0 radical (unpaired) electrons. The number of piperidine rings is 1. The number of nitrogens with zero attached hydrogens (tertiary/aromatic N) is 1. The zero-order valence-electron chi connectivity index (χ0n) is 18.5. The highest BCUT2D eigenvalue weighted by molar-refractivity contribution is 5.98. The first-order chi connectivity index (χ1) is 16.0. The summed E-state index contributed by atoms with van der Waals surface area (Å²) in [5.74, 6) is 0.108. The molecule has 5 N–H and O–H groups in total. The molecule has 0 saturated carbocycles. The van der Waals surface area contributed by atoms with Crippen molar-refractivity contribution in [2.75, 3.05) is 19.6 Å². The SMILES string of the molecule is N=C(N)c1ccc2c(c1)[N+]([O-])(c1ccc3ccccc3c1)C(C(=O)NCC1CCNCC1)C2. The molecule has 2 unspecified atom stereocenters. The number of carbonyl (C=O) groups is 1. The van der Waals surface area contributed by atoms with Crippen molar-refractivity contribution in [1.82, 2.24) is 15.3 Å². The van der Waals surface area contributed by atoms with Gasteiger partial charge in [0.2, 0.25) is 0 Å². The number of hydrogen-bond donors (Lipinski definition) is 4. The molecule has 0 aromatic heterocycles. The Labute approximate surface area is 193 Å². The van der Waals surface area contributed by atoms with E-state index in [4.69, 9.17) is 11.1 Å². The molecule has 170 valence electrons. The number of nitrogens with one attached hydrogen (secondary N) is 3. The minimum absolute atomic E-state index is 0.0957. The molecule has 2 aliphatic heterocycles. The second-order valence-electron chi connectivity index (χ2n) is 9.11. The van der Waals surface area contributed by atoms with Crippen molar-refractivity contribution in [3.63, 3.8) is 0 Å². The van der Waals surface area contributed by atoms with Crippen molar-refractivity contribution < 1.29 is 4.79 Å². The lowest BCUT2D eigenvalue weighted by molar-refractivity contribution is -0.124. The molecule has 5 rings (SSSR count). The van der Waals surface area contributed by atoms with Gasteiger partial charge in [-0.1, -0.05) is 36.4 Å². The van der Waals surface area contributed by atoms with Crippen LogP contribution in [0.25, 0.3) is 10.8 Å². The summed E-state index contributed by atoms with van der Waals surface area (Å²) in [7, 11) is 0. The predicted octanol–water partition coefficient (Wildman–Crippen LogP) is 3.30. The first kappa shape index (κ1) is 21.6. The molecule has 33 heavy (non-hydrogen) atoms. The fourth-order valence-electron chi connectivity index (χ4n) is 5.13. The lowest BCUT2D eigenvalue weighted by atomic mass is 9.98. The number of quaternary nitrogens is 1. The molecular weight excluding hydrogens is 414 g/mol. The zero-order valence-corrected chi connectivity index (χ0v) is 18.5. The number of amidine groups is 1. The van der Waals surface area contributed by atoms with Gasteiger partial charge in [-0.15, -0.1) is 0 Å². The van der Waals surface area contributed by atoms with Crippen LogP contribution in [0.3, 0.4) is 0 Å². The summed E-state index contributed by atoms with van der Waals surface area (Å²) in [5, 5.41) is 31.0. The number of benzene rings is 3. The fraction of sp³-hybridized carbons (Fsp3) is 0.308. The van der Waals surface area contributed by atoms with E-state index < -0.39 is 10.7 Å². The summed E-state index contributed by atoms with van der Waals surface area (Å²) in [6.07, 6.45) is 2.40. The van der Waals surface area contributed by atoms with Crippen LogP contribution in [-0.2, 0) is 11.2 Å². The molecule has 2 atom stereocenters. The normalized spacial score (nSPS) is 22.8. The highest BCUT2D eigenvalue weighted by atomic mass is 16.6. The van der Waals surface area contributed by atoms with Crippen LogP contribution in [0.5, 0.6) is 0 Å². The molecule has 0 spiro atoms. The lowest BCUT2D eigenvalue weighted by Crippen LogP contribution is -2.54. The van der Waals surface area contributed by atoms with Crippen molar-refractivity contribution in [2.24, 2.45) is 11.7 Å². The van der Waals surface area contributed by atoms with E-state index in [1.807, 2.05) is 48.5 Å². The predicted molar refractivity (Wildman–Crippen MR) is 132 cm³/mol. The summed E-state index contributed by atoms with van der Waals surface area (Å²) >= 11 is 0. The molecule has 1 saturated heterocycles. The molecule has 3 aromatic rings. The third-order valence-corrected chi connectivity index (χ3v) is 7.05. The van der Waals surface area contributed by atoms with Gasteiger partial charge in [0.15, 0.2) is 6.04 Å². The summed E-state index contributed by atoms with van der Waals surface area (Å²) in [6, 6.07) is 17.9. The van der Waals surface area contributed by atoms with Gasteiger partial charge < -0.3 is 21.6 Å². The number of amides is 1. The van der Waals surface area contributed by atoms with Gasteiger partial charge in [0.1, 0.15) is 17.2 Å². The van der Waals surface area contributed by atoms with Crippen LogP contribution in [0.2, 0.25) is 0 Å². The number of nitrogen functional groups attached to an aromatic ring is 1. The van der Waals surface area contributed by atoms with E-state index in [0.29, 0.717) is 35.8 Å². The Balaban J connectivity index is 1.54. The summed E-state index contributed by atoms with van der Waals surface area (Å²) in [5.41, 5.74) is 8.03. The van der Waals surface area contributed by atoms with E-state index in [0.717, 1.165) is 42.3 Å². The van der Waals surface area contributed by atoms with Crippen LogP contribution in [0, 0.1) is 16.5 Å². The second-order valence-corrected chi connectivity index (χ2v) is 9.11. The molecule has 1 fully saturated rings. The number of fused-ring (bicyclic) bond motifs is 2. The Morgan fingerprint density at radius 1 is 1.09 bits per heavy atom. The highest BCUT2D eigenvalue weighted by Gasteiger charge is 2.47. The second kappa shape index (κ2) is 8.59. The first-order valence-electron chi connectivity index (χ1n) is 11.5. The van der Waals surface area contributed by atoms with Gasteiger partial charge in [-0.2, -0.15) is 0 Å². The average molecular weight is 444 g/mol. The van der Waals surface area contributed by atoms with Gasteiger partial charge >= 0.3 is 0 Å². The van der Waals surface area contributed by atoms with E-state index in [2.05, 4.69) is 10.6 Å². The first-order valence-corrected chi connectivity index (χ1v) is 11.5. The largest absolute Gasteiger partial charge is 0.621 e. The maximum atomic E-state index is 14.7. The van der Waals surface area contributed by atoms with Crippen LogP contribution >= 0.6 is 0 Å². The van der Waals surface area contributed by atoms with Gasteiger partial charge in [-0.05, 0) is 48.7 Å². The third-order valence-electron chi connectivity index (χ3n) is 7.05. The van der Waals surface area contributed by atoms with Crippen molar-refractivity contribution >= 4 is 33.9 Å². The van der Waals surface area contributed by atoms with Crippen LogP contribution in [-0.4, -0.2) is 37.4 Å². The Morgan fingerprint density at radius 3 is 2.61 bits per heavy atom. The fourth-order valence-corrected chi connectivity index (χ4v) is 5.13. The number of nitrogens with two attached hydrogens (primary N) is 1. The van der Waals surface area contributed by atoms with E-state index >= 15 is 0 Å². The molecule has 7 nitrogen and oxygen atoms in total. The molecule has 0 bridgehead atoms. The molecular formula is C26H29N5O2. The number of hydroxylamine groups is 1. The van der Waals surface area contributed by atoms with E-state index in [1.165, 1.54) is 0 Å². The Kier molecular flexibility index (Phi) is 5.62. The van der Waals surface area contributed by atoms with Gasteiger partial charge in [-0.25, -0.2) is 0 Å². The van der Waals surface area contributed by atoms with Crippen molar-refractivity contribution in [3.8, 4) is 0 Å². The molecule has 1 amide bonds. The third kappa shape index (κ3) is 3.88. The van der Waals surface area contributed by atoms with E-state index in [-0.39, 0.29) is 11.7 Å². The summed E-state index contributed by atoms with van der Waals surface area (Å²) < 4.78 is -0.876. The number of carbonyl (C=O) groups excluding carboxylic acids is 1. The van der Waals surface area contributed by atoms with Gasteiger partial charge in [0.05, 0.1) is 0 Å². The Hall–Kier alpha value is -3.26. The molecule has 2 heterocycles. The number of hydrogen-bond acceptors (Lipinski definition) is 4. The molecule has 0 aliphatic carbocycles.